The van der Waals surface area contributed by atoms with Crippen molar-refractivity contribution in [3.63, 3.8) is 0 Å². The number of carbonyl (C=O) groups excluding carboxylic acids is 1. The van der Waals surface area contributed by atoms with E-state index in [-0.39, 0.29) is 0 Å². The van der Waals surface area contributed by atoms with E-state index in [0.717, 1.165) is 18.7 Å². The lowest BCUT2D eigenvalue weighted by Crippen LogP contribution is -2.37. The van der Waals surface area contributed by atoms with E-state index < -0.39 is 6.03 Å². The van der Waals surface area contributed by atoms with Gasteiger partial charge in [0.15, 0.2) is 5.82 Å². The Morgan fingerprint density at radius 1 is 1.22 bits per heavy atom. The van der Waals surface area contributed by atoms with E-state index in [0.29, 0.717) is 41.4 Å². The van der Waals surface area contributed by atoms with Gasteiger partial charge in [-0.05, 0) is 24.6 Å². The number of nitrogens with zero attached hydrogens (tertiary/aromatic N) is 4. The average molecular weight is 391 g/mol. The predicted octanol–water partition coefficient (Wildman–Crippen LogP) is 2.99. The number of benzene rings is 1. The summed E-state index contributed by atoms with van der Waals surface area (Å²) in [5, 5.41) is 6.02. The fourth-order valence-electron chi connectivity index (χ4n) is 2.71. The lowest BCUT2D eigenvalue weighted by molar-refractivity contribution is 0.122. The van der Waals surface area contributed by atoms with Gasteiger partial charge in [-0.15, -0.1) is 0 Å². The molecule has 1 aliphatic heterocycles. The number of hydrogen-bond acceptors (Lipinski definition) is 6. The van der Waals surface area contributed by atoms with Gasteiger partial charge in [0.25, 0.3) is 0 Å². The molecule has 27 heavy (non-hydrogen) atoms. The van der Waals surface area contributed by atoms with Crippen LogP contribution in [-0.4, -0.2) is 56.4 Å². The Morgan fingerprint density at radius 3 is 2.59 bits per heavy atom. The minimum atomic E-state index is -0.411. The van der Waals surface area contributed by atoms with Crippen molar-refractivity contribution in [2.45, 2.75) is 6.92 Å². The lowest BCUT2D eigenvalue weighted by Gasteiger charge is -2.28. The molecule has 144 valence electrons. The smallest absolute Gasteiger partial charge is 0.323 e. The highest BCUT2D eigenvalue weighted by atomic mass is 35.5. The van der Waals surface area contributed by atoms with E-state index in [1.165, 1.54) is 0 Å². The van der Waals surface area contributed by atoms with Crippen molar-refractivity contribution < 1.29 is 9.53 Å². The summed E-state index contributed by atoms with van der Waals surface area (Å²) in [6.45, 7) is 4.73. The number of amides is 2. The molecule has 2 N–H and O–H groups in total. The first kappa shape index (κ1) is 19.2. The predicted molar refractivity (Wildman–Crippen MR) is 108 cm³/mol. The summed E-state index contributed by atoms with van der Waals surface area (Å²) in [5.41, 5.74) is 2.07. The molecule has 2 aromatic rings. The number of aromatic nitrogens is 2. The Bertz CT molecular complexity index is 823. The second-order valence-electron chi connectivity index (χ2n) is 6.46. The first-order chi connectivity index (χ1) is 12.9. The fraction of sp³-hybridized carbons (Fsp3) is 0.389. The first-order valence-corrected chi connectivity index (χ1v) is 9.03. The highest BCUT2D eigenvalue weighted by molar-refractivity contribution is 6.33. The Balaban J connectivity index is 1.75. The van der Waals surface area contributed by atoms with Crippen molar-refractivity contribution >= 4 is 40.8 Å². The van der Waals surface area contributed by atoms with Crippen LogP contribution in [0.15, 0.2) is 24.4 Å². The minimum Gasteiger partial charge on any atom is -0.378 e. The van der Waals surface area contributed by atoms with E-state index in [1.54, 1.807) is 18.3 Å². The van der Waals surface area contributed by atoms with Crippen LogP contribution >= 0.6 is 11.6 Å². The lowest BCUT2D eigenvalue weighted by atomic mass is 10.2. The van der Waals surface area contributed by atoms with Crippen molar-refractivity contribution in [2.75, 3.05) is 60.8 Å². The molecule has 2 amide bonds. The number of nitrogens with one attached hydrogen (secondary N) is 2. The van der Waals surface area contributed by atoms with Crippen LogP contribution in [-0.2, 0) is 4.74 Å². The summed E-state index contributed by atoms with van der Waals surface area (Å²) >= 11 is 6.17. The molecule has 0 spiro atoms. The van der Waals surface area contributed by atoms with E-state index >= 15 is 0 Å². The Hall–Kier alpha value is -2.58. The van der Waals surface area contributed by atoms with Crippen LogP contribution in [0.4, 0.5) is 27.9 Å². The quantitative estimate of drug-likeness (QED) is 0.835. The topological polar surface area (TPSA) is 82.6 Å². The van der Waals surface area contributed by atoms with E-state index in [9.17, 15) is 4.79 Å². The molecular weight excluding hydrogens is 368 g/mol. The molecule has 3 rings (SSSR count). The Morgan fingerprint density at radius 2 is 1.93 bits per heavy atom. The number of morpholine rings is 1. The number of aryl methyl sites for hydroxylation is 1. The van der Waals surface area contributed by atoms with Gasteiger partial charge in [0.1, 0.15) is 5.69 Å². The van der Waals surface area contributed by atoms with E-state index in [1.807, 2.05) is 32.0 Å². The van der Waals surface area contributed by atoms with Gasteiger partial charge in [0.05, 0.1) is 30.1 Å². The van der Waals surface area contributed by atoms with Gasteiger partial charge in [-0.2, -0.15) is 4.98 Å². The van der Waals surface area contributed by atoms with Crippen LogP contribution in [0.1, 0.15) is 5.56 Å². The monoisotopic (exact) mass is 390 g/mol. The molecular formula is C18H23ClN6O2. The summed E-state index contributed by atoms with van der Waals surface area (Å²) < 4.78 is 5.37. The number of urea groups is 1. The maximum absolute atomic E-state index is 12.4. The minimum absolute atomic E-state index is 0.411. The van der Waals surface area contributed by atoms with Crippen molar-refractivity contribution in [1.29, 1.82) is 0 Å². The molecule has 1 aromatic heterocycles. The third kappa shape index (κ3) is 4.78. The SMILES string of the molecule is Cc1ccc(NC(=O)Nc2cnc(N3CCOCC3)nc2N(C)C)c(Cl)c1. The number of anilines is 4. The molecule has 8 nitrogen and oxygen atoms in total. The van der Waals surface area contributed by atoms with Gasteiger partial charge in [-0.25, -0.2) is 9.78 Å². The molecule has 0 radical (unpaired) electrons. The molecule has 1 aromatic carbocycles. The zero-order chi connectivity index (χ0) is 19.4. The second-order valence-corrected chi connectivity index (χ2v) is 6.87. The molecule has 1 fully saturated rings. The summed E-state index contributed by atoms with van der Waals surface area (Å²) in [5.74, 6) is 1.24. The van der Waals surface area contributed by atoms with Gasteiger partial charge in [-0.3, -0.25) is 0 Å². The maximum Gasteiger partial charge on any atom is 0.323 e. The van der Waals surface area contributed by atoms with Crippen LogP contribution in [0.2, 0.25) is 5.02 Å². The van der Waals surface area contributed by atoms with Crippen LogP contribution in [0, 0.1) is 6.92 Å². The largest absolute Gasteiger partial charge is 0.378 e. The second kappa shape index (κ2) is 8.41. The van der Waals surface area contributed by atoms with Crippen LogP contribution in [0.25, 0.3) is 0 Å². The van der Waals surface area contributed by atoms with E-state index in [4.69, 9.17) is 16.3 Å². The Kier molecular flexibility index (Phi) is 5.98. The fourth-order valence-corrected chi connectivity index (χ4v) is 2.99. The summed E-state index contributed by atoms with van der Waals surface area (Å²) in [7, 11) is 3.73. The standard InChI is InChI=1S/C18H23ClN6O2/c1-12-4-5-14(13(19)10-12)21-18(26)22-15-11-20-17(23-16(15)24(2)3)25-6-8-27-9-7-25/h4-5,10-11H,6-9H2,1-3H3,(H2,21,22,26). The number of hydrogen-bond donors (Lipinski definition) is 2. The molecule has 1 saturated heterocycles. The summed E-state index contributed by atoms with van der Waals surface area (Å²) in [6, 6.07) is 5.03. The normalized spacial score (nSPS) is 14.0. The first-order valence-electron chi connectivity index (χ1n) is 8.65. The van der Waals surface area contributed by atoms with Gasteiger partial charge in [-0.1, -0.05) is 17.7 Å². The average Bonchev–Trinajstić information content (AvgIpc) is 2.65. The van der Waals surface area contributed by atoms with Crippen LogP contribution < -0.4 is 20.4 Å². The van der Waals surface area contributed by atoms with Gasteiger partial charge < -0.3 is 25.2 Å². The molecule has 9 heteroatoms. The number of rotatable bonds is 4. The van der Waals surface area contributed by atoms with Crippen molar-refractivity contribution in [3.05, 3.63) is 35.0 Å². The molecule has 1 aliphatic rings. The number of ether oxygens (including phenoxy) is 1. The van der Waals surface area contributed by atoms with Crippen molar-refractivity contribution in [3.8, 4) is 0 Å². The number of halogens is 1. The molecule has 0 bridgehead atoms. The number of carbonyl (C=O) groups is 1. The third-order valence-corrected chi connectivity index (χ3v) is 4.41. The molecule has 0 aliphatic carbocycles. The molecule has 0 saturated carbocycles. The molecule has 0 atom stereocenters. The van der Waals surface area contributed by atoms with Gasteiger partial charge in [0.2, 0.25) is 5.95 Å². The van der Waals surface area contributed by atoms with Gasteiger partial charge in [0, 0.05) is 27.2 Å². The summed E-state index contributed by atoms with van der Waals surface area (Å²) in [4.78, 5) is 25.3. The third-order valence-electron chi connectivity index (χ3n) is 4.09. The van der Waals surface area contributed by atoms with Crippen LogP contribution in [0.3, 0.4) is 0 Å². The zero-order valence-corrected chi connectivity index (χ0v) is 16.4. The van der Waals surface area contributed by atoms with Crippen molar-refractivity contribution in [2.24, 2.45) is 0 Å². The highest BCUT2D eigenvalue weighted by Gasteiger charge is 2.18. The van der Waals surface area contributed by atoms with E-state index in [2.05, 4.69) is 25.5 Å². The Labute approximate surface area is 163 Å². The molecule has 0 unspecified atom stereocenters. The van der Waals surface area contributed by atoms with Crippen LogP contribution in [0.5, 0.6) is 0 Å². The maximum atomic E-state index is 12.4. The summed E-state index contributed by atoms with van der Waals surface area (Å²) in [6.07, 6.45) is 1.61. The molecule has 2 heterocycles. The highest BCUT2D eigenvalue weighted by Crippen LogP contribution is 2.26. The van der Waals surface area contributed by atoms with Crippen molar-refractivity contribution in [1.82, 2.24) is 9.97 Å². The van der Waals surface area contributed by atoms with Gasteiger partial charge >= 0.3 is 6.03 Å². The zero-order valence-electron chi connectivity index (χ0n) is 15.6.